The van der Waals surface area contributed by atoms with E-state index in [9.17, 15) is 9.59 Å². The Kier molecular flexibility index (Phi) is 4.15. The maximum atomic E-state index is 12.6. The first kappa shape index (κ1) is 16.6. The van der Waals surface area contributed by atoms with Gasteiger partial charge in [-0.1, -0.05) is 36.4 Å². The molecule has 2 aliphatic rings. The molecule has 0 aliphatic carbocycles. The van der Waals surface area contributed by atoms with Crippen LogP contribution in [-0.2, 0) is 11.2 Å². The summed E-state index contributed by atoms with van der Waals surface area (Å²) in [5.41, 5.74) is 3.27. The molecule has 2 aromatic carbocycles. The first-order valence-corrected chi connectivity index (χ1v) is 9.08. The number of nitrogens with one attached hydrogen (secondary N) is 2. The van der Waals surface area contributed by atoms with Crippen molar-refractivity contribution >= 4 is 17.5 Å². The second-order valence-corrected chi connectivity index (χ2v) is 7.25. The third-order valence-corrected chi connectivity index (χ3v) is 5.31. The standard InChI is InChI=1S/C21H23N3O2/c1-15-7-8-17-18(13-15)22-21(23-20(17)26)9-11-24(12-10-21)19(25)14-16-5-3-2-4-6-16/h2-8,13,22H,9-12,14H2,1H3,(H,23,26). The maximum Gasteiger partial charge on any atom is 0.255 e. The zero-order chi connectivity index (χ0) is 18.1. The average Bonchev–Trinajstić information content (AvgIpc) is 2.62. The van der Waals surface area contributed by atoms with Crippen LogP contribution < -0.4 is 10.6 Å². The Balaban J connectivity index is 1.43. The van der Waals surface area contributed by atoms with Gasteiger partial charge in [-0.25, -0.2) is 0 Å². The highest BCUT2D eigenvalue weighted by molar-refractivity contribution is 6.02. The van der Waals surface area contributed by atoms with Gasteiger partial charge in [-0.15, -0.1) is 0 Å². The number of hydrogen-bond acceptors (Lipinski definition) is 3. The van der Waals surface area contributed by atoms with Gasteiger partial charge in [-0.05, 0) is 30.2 Å². The Morgan fingerprint density at radius 2 is 1.81 bits per heavy atom. The van der Waals surface area contributed by atoms with Crippen molar-refractivity contribution in [1.82, 2.24) is 10.2 Å². The Bertz CT molecular complexity index is 840. The lowest BCUT2D eigenvalue weighted by Gasteiger charge is -2.46. The lowest BCUT2D eigenvalue weighted by molar-refractivity contribution is -0.132. The van der Waals surface area contributed by atoms with E-state index in [-0.39, 0.29) is 11.8 Å². The Morgan fingerprint density at radius 3 is 2.54 bits per heavy atom. The molecule has 2 N–H and O–H groups in total. The summed E-state index contributed by atoms with van der Waals surface area (Å²) in [6.45, 7) is 3.30. The Hall–Kier alpha value is -2.82. The fourth-order valence-electron chi connectivity index (χ4n) is 3.80. The lowest BCUT2D eigenvalue weighted by atomic mass is 9.91. The highest BCUT2D eigenvalue weighted by Crippen LogP contribution is 2.32. The molecule has 134 valence electrons. The Labute approximate surface area is 153 Å². The zero-order valence-electron chi connectivity index (χ0n) is 14.9. The number of carbonyl (C=O) groups excluding carboxylic acids is 2. The number of fused-ring (bicyclic) bond motifs is 1. The van der Waals surface area contributed by atoms with Gasteiger partial charge < -0.3 is 15.5 Å². The van der Waals surface area contributed by atoms with Crippen LogP contribution in [0.25, 0.3) is 0 Å². The lowest BCUT2D eigenvalue weighted by Crippen LogP contribution is -2.62. The smallest absolute Gasteiger partial charge is 0.255 e. The highest BCUT2D eigenvalue weighted by atomic mass is 16.2. The van der Waals surface area contributed by atoms with Gasteiger partial charge in [0.2, 0.25) is 5.91 Å². The SMILES string of the molecule is Cc1ccc2c(c1)NC1(CCN(C(=O)Cc3ccccc3)CC1)NC2=O. The molecule has 0 radical (unpaired) electrons. The minimum absolute atomic E-state index is 0.0391. The molecule has 2 amide bonds. The van der Waals surface area contributed by atoms with Gasteiger partial charge in [0.15, 0.2) is 0 Å². The molecule has 5 heteroatoms. The van der Waals surface area contributed by atoms with Gasteiger partial charge in [-0.2, -0.15) is 0 Å². The summed E-state index contributed by atoms with van der Waals surface area (Å²) in [6, 6.07) is 15.6. The van der Waals surface area contributed by atoms with Gasteiger partial charge in [-0.3, -0.25) is 9.59 Å². The minimum atomic E-state index is -0.457. The quantitative estimate of drug-likeness (QED) is 0.876. The number of anilines is 1. The first-order valence-electron chi connectivity index (χ1n) is 9.08. The molecule has 0 atom stereocenters. The fourth-order valence-corrected chi connectivity index (χ4v) is 3.80. The van der Waals surface area contributed by atoms with E-state index in [2.05, 4.69) is 10.6 Å². The van der Waals surface area contributed by atoms with Crippen LogP contribution in [0.2, 0.25) is 0 Å². The van der Waals surface area contributed by atoms with Crippen molar-refractivity contribution in [2.75, 3.05) is 18.4 Å². The van der Waals surface area contributed by atoms with Crippen LogP contribution in [0.5, 0.6) is 0 Å². The second kappa shape index (κ2) is 6.48. The summed E-state index contributed by atoms with van der Waals surface area (Å²) in [6.07, 6.45) is 1.83. The van der Waals surface area contributed by atoms with Crippen molar-refractivity contribution in [3.8, 4) is 0 Å². The number of nitrogens with zero attached hydrogens (tertiary/aromatic N) is 1. The average molecular weight is 349 g/mol. The predicted molar refractivity (Wildman–Crippen MR) is 101 cm³/mol. The van der Waals surface area contributed by atoms with Gasteiger partial charge in [0, 0.05) is 31.6 Å². The van der Waals surface area contributed by atoms with Crippen LogP contribution in [0, 0.1) is 6.92 Å². The molecule has 0 bridgehead atoms. The van der Waals surface area contributed by atoms with Crippen molar-refractivity contribution in [2.45, 2.75) is 31.8 Å². The third-order valence-electron chi connectivity index (χ3n) is 5.31. The minimum Gasteiger partial charge on any atom is -0.362 e. The number of aryl methyl sites for hydroxylation is 1. The molecule has 2 aliphatic heterocycles. The fraction of sp³-hybridized carbons (Fsp3) is 0.333. The van der Waals surface area contributed by atoms with E-state index >= 15 is 0 Å². The van der Waals surface area contributed by atoms with E-state index < -0.39 is 5.66 Å². The summed E-state index contributed by atoms with van der Waals surface area (Å²) in [5, 5.41) is 6.65. The molecule has 0 aromatic heterocycles. The maximum absolute atomic E-state index is 12.6. The van der Waals surface area contributed by atoms with Gasteiger partial charge in [0.1, 0.15) is 5.66 Å². The molecule has 0 unspecified atom stereocenters. The van der Waals surface area contributed by atoms with E-state index in [4.69, 9.17) is 0 Å². The number of hydrogen-bond donors (Lipinski definition) is 2. The number of amides is 2. The van der Waals surface area contributed by atoms with E-state index in [1.54, 1.807) is 0 Å². The van der Waals surface area contributed by atoms with Crippen molar-refractivity contribution in [1.29, 1.82) is 0 Å². The summed E-state index contributed by atoms with van der Waals surface area (Å²) >= 11 is 0. The number of benzene rings is 2. The zero-order valence-corrected chi connectivity index (χ0v) is 14.9. The van der Waals surface area contributed by atoms with Crippen LogP contribution in [-0.4, -0.2) is 35.5 Å². The van der Waals surface area contributed by atoms with Gasteiger partial charge in [0.25, 0.3) is 5.91 Å². The van der Waals surface area contributed by atoms with Crippen LogP contribution >= 0.6 is 0 Å². The van der Waals surface area contributed by atoms with Crippen LogP contribution in [0.1, 0.15) is 34.3 Å². The molecule has 0 saturated carbocycles. The van der Waals surface area contributed by atoms with Crippen LogP contribution in [0.4, 0.5) is 5.69 Å². The largest absolute Gasteiger partial charge is 0.362 e. The second-order valence-electron chi connectivity index (χ2n) is 7.25. The topological polar surface area (TPSA) is 61.4 Å². The van der Waals surface area contributed by atoms with Crippen molar-refractivity contribution in [2.24, 2.45) is 0 Å². The Morgan fingerprint density at radius 1 is 1.08 bits per heavy atom. The third kappa shape index (κ3) is 3.17. The molecule has 2 aromatic rings. The molecule has 1 saturated heterocycles. The highest BCUT2D eigenvalue weighted by Gasteiger charge is 2.40. The summed E-state index contributed by atoms with van der Waals surface area (Å²) in [4.78, 5) is 27.0. The van der Waals surface area contributed by atoms with Crippen LogP contribution in [0.3, 0.4) is 0 Å². The summed E-state index contributed by atoms with van der Waals surface area (Å²) in [5.74, 6) is 0.104. The normalized spacial score (nSPS) is 18.0. The van der Waals surface area contributed by atoms with E-state index in [1.165, 1.54) is 0 Å². The summed E-state index contributed by atoms with van der Waals surface area (Å²) in [7, 11) is 0. The van der Waals surface area contributed by atoms with Gasteiger partial charge in [0.05, 0.1) is 12.0 Å². The van der Waals surface area contributed by atoms with E-state index in [0.29, 0.717) is 37.9 Å². The van der Waals surface area contributed by atoms with Crippen LogP contribution in [0.15, 0.2) is 48.5 Å². The number of likely N-dealkylation sites (tertiary alicyclic amines) is 1. The number of rotatable bonds is 2. The number of piperidine rings is 1. The molecular weight excluding hydrogens is 326 g/mol. The summed E-state index contributed by atoms with van der Waals surface area (Å²) < 4.78 is 0. The molecular formula is C21H23N3O2. The van der Waals surface area contributed by atoms with Crippen molar-refractivity contribution < 1.29 is 9.59 Å². The molecule has 1 fully saturated rings. The van der Waals surface area contributed by atoms with Crippen molar-refractivity contribution in [3.05, 3.63) is 65.2 Å². The molecule has 2 heterocycles. The van der Waals surface area contributed by atoms with E-state index in [0.717, 1.165) is 16.8 Å². The van der Waals surface area contributed by atoms with E-state index in [1.807, 2.05) is 60.4 Å². The van der Waals surface area contributed by atoms with Gasteiger partial charge >= 0.3 is 0 Å². The predicted octanol–water partition coefficient (Wildman–Crippen LogP) is 2.71. The molecule has 5 nitrogen and oxygen atoms in total. The molecule has 4 rings (SSSR count). The monoisotopic (exact) mass is 349 g/mol. The molecule has 26 heavy (non-hydrogen) atoms. The van der Waals surface area contributed by atoms with Crippen molar-refractivity contribution in [3.63, 3.8) is 0 Å². The first-order chi connectivity index (χ1) is 12.5. The number of carbonyl (C=O) groups is 2. The molecule has 1 spiro atoms.